The van der Waals surface area contributed by atoms with Crippen molar-refractivity contribution in [2.45, 2.75) is 31.6 Å². The predicted octanol–water partition coefficient (Wildman–Crippen LogP) is 5.73. The van der Waals surface area contributed by atoms with Crippen LogP contribution in [0.15, 0.2) is 78.9 Å². The molecule has 174 valence electrons. The highest BCUT2D eigenvalue weighted by molar-refractivity contribution is 7.83. The lowest BCUT2D eigenvalue weighted by Crippen LogP contribution is -2.30. The van der Waals surface area contributed by atoms with Gasteiger partial charge in [0, 0.05) is 28.0 Å². The van der Waals surface area contributed by atoms with Gasteiger partial charge in [-0.3, -0.25) is 9.00 Å². The molecule has 34 heavy (non-hydrogen) atoms. The third kappa shape index (κ3) is 5.39. The largest absolute Gasteiger partial charge is 0.349 e. The number of pyridine rings is 1. The van der Waals surface area contributed by atoms with Crippen LogP contribution in [0, 0.1) is 5.82 Å². The Morgan fingerprint density at radius 3 is 2.44 bits per heavy atom. The maximum atomic E-state index is 13.8. The molecule has 0 fully saturated rings. The number of hydrogen-bond donors (Lipinski definition) is 1. The van der Waals surface area contributed by atoms with E-state index in [0.29, 0.717) is 12.2 Å². The lowest BCUT2D eigenvalue weighted by Gasteiger charge is -2.20. The summed E-state index contributed by atoms with van der Waals surface area (Å²) in [4.78, 5) is 18.2. The molecule has 2 unspecified atom stereocenters. The molecular weight excluding hydrogens is 447 g/mol. The van der Waals surface area contributed by atoms with Gasteiger partial charge in [-0.25, -0.2) is 9.37 Å². The van der Waals surface area contributed by atoms with Crippen LogP contribution in [-0.4, -0.2) is 21.4 Å². The highest BCUT2D eigenvalue weighted by atomic mass is 32.2. The molecule has 0 aliphatic carbocycles. The van der Waals surface area contributed by atoms with Gasteiger partial charge in [-0.05, 0) is 41.3 Å². The van der Waals surface area contributed by atoms with Crippen LogP contribution >= 0.6 is 0 Å². The lowest BCUT2D eigenvalue weighted by molar-refractivity contribution is -0.121. The number of amides is 1. The van der Waals surface area contributed by atoms with Crippen LogP contribution in [0.4, 0.5) is 4.39 Å². The number of aromatic nitrogens is 1. The second-order valence-corrected chi connectivity index (χ2v) is 9.71. The van der Waals surface area contributed by atoms with Gasteiger partial charge in [-0.2, -0.15) is 0 Å². The summed E-state index contributed by atoms with van der Waals surface area (Å²) in [6, 6.07) is 23.5. The highest BCUT2D eigenvalue weighted by Gasteiger charge is 2.21. The Labute approximate surface area is 201 Å². The lowest BCUT2D eigenvalue weighted by atomic mass is 9.95. The smallest absolute Gasteiger partial charge is 0.224 e. The molecule has 4 rings (SSSR count). The van der Waals surface area contributed by atoms with E-state index in [1.807, 2.05) is 67.6 Å². The Bertz CT molecular complexity index is 1340. The molecule has 4 nitrogen and oxygen atoms in total. The van der Waals surface area contributed by atoms with Gasteiger partial charge in [0.15, 0.2) is 0 Å². The fourth-order valence-electron chi connectivity index (χ4n) is 4.27. The van der Waals surface area contributed by atoms with Gasteiger partial charge in [0.1, 0.15) is 5.82 Å². The molecule has 1 aromatic heterocycles. The van der Waals surface area contributed by atoms with Gasteiger partial charge in [-0.15, -0.1) is 0 Å². The Morgan fingerprint density at radius 2 is 1.74 bits per heavy atom. The average molecular weight is 475 g/mol. The maximum absolute atomic E-state index is 13.8. The molecule has 0 spiro atoms. The number of halogens is 1. The van der Waals surface area contributed by atoms with Crippen molar-refractivity contribution < 1.29 is 13.4 Å². The fourth-order valence-corrected chi connectivity index (χ4v) is 4.98. The quantitative estimate of drug-likeness (QED) is 0.355. The van der Waals surface area contributed by atoms with Gasteiger partial charge in [0.25, 0.3) is 0 Å². The molecule has 0 saturated carbocycles. The van der Waals surface area contributed by atoms with E-state index in [9.17, 15) is 13.4 Å². The Hall–Kier alpha value is -3.38. The molecule has 0 radical (unpaired) electrons. The zero-order valence-corrected chi connectivity index (χ0v) is 20.1. The fraction of sp³-hybridized carbons (Fsp3) is 0.214. The van der Waals surface area contributed by atoms with Crippen LogP contribution in [0.5, 0.6) is 0 Å². The van der Waals surface area contributed by atoms with E-state index in [2.05, 4.69) is 5.32 Å². The van der Waals surface area contributed by atoms with Crippen molar-refractivity contribution in [1.29, 1.82) is 0 Å². The number of benzene rings is 3. The van der Waals surface area contributed by atoms with E-state index in [1.54, 1.807) is 12.3 Å². The first-order chi connectivity index (χ1) is 16.5. The van der Waals surface area contributed by atoms with E-state index in [1.165, 1.54) is 12.1 Å². The number of nitrogens with one attached hydrogen (secondary N) is 1. The first-order valence-electron chi connectivity index (χ1n) is 11.3. The molecule has 6 heteroatoms. The van der Waals surface area contributed by atoms with Crippen molar-refractivity contribution >= 4 is 27.6 Å². The van der Waals surface area contributed by atoms with Gasteiger partial charge < -0.3 is 5.32 Å². The summed E-state index contributed by atoms with van der Waals surface area (Å²) in [6.07, 6.45) is 2.40. The van der Waals surface area contributed by atoms with Crippen molar-refractivity contribution in [2.75, 3.05) is 6.26 Å². The summed E-state index contributed by atoms with van der Waals surface area (Å²) in [5.74, 6) is -0.202. The number of rotatable bonds is 8. The van der Waals surface area contributed by atoms with Crippen molar-refractivity contribution in [2.24, 2.45) is 0 Å². The normalized spacial score (nSPS) is 12.9. The number of nitrogens with zero attached hydrogens (tertiary/aromatic N) is 1. The second kappa shape index (κ2) is 10.7. The van der Waals surface area contributed by atoms with E-state index < -0.39 is 10.8 Å². The van der Waals surface area contributed by atoms with Gasteiger partial charge in [0.05, 0.1) is 29.4 Å². The molecule has 0 bridgehead atoms. The second-order valence-electron chi connectivity index (χ2n) is 8.28. The van der Waals surface area contributed by atoms with E-state index in [0.717, 1.165) is 38.9 Å². The molecule has 0 aliphatic heterocycles. The van der Waals surface area contributed by atoms with E-state index in [-0.39, 0.29) is 24.2 Å². The minimum atomic E-state index is -1.13. The van der Waals surface area contributed by atoms with Crippen LogP contribution < -0.4 is 5.32 Å². The molecular formula is C28H27FN2O2S. The van der Waals surface area contributed by atoms with Gasteiger partial charge in [-0.1, -0.05) is 67.6 Å². The molecule has 1 N–H and O–H groups in total. The predicted molar refractivity (Wildman–Crippen MR) is 136 cm³/mol. The van der Waals surface area contributed by atoms with Crippen molar-refractivity contribution in [3.05, 3.63) is 101 Å². The van der Waals surface area contributed by atoms with Crippen molar-refractivity contribution in [3.8, 4) is 11.3 Å². The van der Waals surface area contributed by atoms with Crippen LogP contribution in [0.25, 0.3) is 22.2 Å². The van der Waals surface area contributed by atoms with E-state index in [4.69, 9.17) is 4.98 Å². The first-order valence-corrected chi connectivity index (χ1v) is 13.0. The minimum Gasteiger partial charge on any atom is -0.349 e. The SMILES string of the molecule is CCC(NC(=O)Cc1c(CS(C)=O)c(-c2ccccc2)nc2ccccc12)c1cccc(F)c1. The molecule has 2 atom stereocenters. The van der Waals surface area contributed by atoms with E-state index >= 15 is 0 Å². The summed E-state index contributed by atoms with van der Waals surface area (Å²) >= 11 is 0. The zero-order valence-electron chi connectivity index (χ0n) is 19.3. The van der Waals surface area contributed by atoms with Crippen LogP contribution in [0.2, 0.25) is 0 Å². The molecule has 1 amide bonds. The first kappa shape index (κ1) is 23.8. The number of carbonyl (C=O) groups excluding carboxylic acids is 1. The van der Waals surface area contributed by atoms with Crippen LogP contribution in [0.1, 0.15) is 36.1 Å². The van der Waals surface area contributed by atoms with Gasteiger partial charge >= 0.3 is 0 Å². The average Bonchev–Trinajstić information content (AvgIpc) is 2.84. The van der Waals surface area contributed by atoms with Crippen molar-refractivity contribution in [1.82, 2.24) is 10.3 Å². The maximum Gasteiger partial charge on any atom is 0.224 e. The Morgan fingerprint density at radius 1 is 1.00 bits per heavy atom. The molecule has 1 heterocycles. The highest BCUT2D eigenvalue weighted by Crippen LogP contribution is 2.32. The van der Waals surface area contributed by atoms with Gasteiger partial charge in [0.2, 0.25) is 5.91 Å². The molecule has 3 aromatic carbocycles. The number of carbonyl (C=O) groups is 1. The Kier molecular flexibility index (Phi) is 7.48. The standard InChI is InChI=1S/C28H27FN2O2S/c1-3-25(20-12-9-13-21(29)16-20)30-27(32)17-23-22-14-7-8-15-26(22)31-28(24(23)18-34(2)33)19-10-5-4-6-11-19/h4-16,25H,3,17-18H2,1-2H3,(H,30,32). The third-order valence-electron chi connectivity index (χ3n) is 5.84. The molecule has 0 aliphatic rings. The molecule has 0 saturated heterocycles. The number of hydrogen-bond acceptors (Lipinski definition) is 3. The topological polar surface area (TPSA) is 59.1 Å². The summed E-state index contributed by atoms with van der Waals surface area (Å²) in [5, 5.41) is 3.93. The summed E-state index contributed by atoms with van der Waals surface area (Å²) in [5.41, 5.74) is 4.82. The van der Waals surface area contributed by atoms with Crippen LogP contribution in [-0.2, 0) is 27.8 Å². The summed E-state index contributed by atoms with van der Waals surface area (Å²) in [6.45, 7) is 1.96. The zero-order chi connectivity index (χ0) is 24.1. The number of para-hydroxylation sites is 1. The van der Waals surface area contributed by atoms with Crippen molar-refractivity contribution in [3.63, 3.8) is 0 Å². The number of fused-ring (bicyclic) bond motifs is 1. The summed E-state index contributed by atoms with van der Waals surface area (Å²) < 4.78 is 26.1. The monoisotopic (exact) mass is 474 g/mol. The third-order valence-corrected chi connectivity index (χ3v) is 6.53. The van der Waals surface area contributed by atoms with Crippen LogP contribution in [0.3, 0.4) is 0 Å². The molecule has 4 aromatic rings. The minimum absolute atomic E-state index is 0.112. The summed E-state index contributed by atoms with van der Waals surface area (Å²) in [7, 11) is -1.13. The Balaban J connectivity index is 1.77.